The molecule has 0 saturated carbocycles. The van der Waals surface area contributed by atoms with Gasteiger partial charge < -0.3 is 29.1 Å². The van der Waals surface area contributed by atoms with E-state index in [1.54, 1.807) is 49.3 Å². The van der Waals surface area contributed by atoms with Crippen LogP contribution in [0.15, 0.2) is 48.6 Å². The van der Waals surface area contributed by atoms with Crippen molar-refractivity contribution in [1.29, 1.82) is 0 Å². The van der Waals surface area contributed by atoms with Crippen LogP contribution in [0.1, 0.15) is 40.0 Å². The summed E-state index contributed by atoms with van der Waals surface area (Å²) in [6, 6.07) is 5.47. The molecule has 2 saturated heterocycles. The van der Waals surface area contributed by atoms with Crippen molar-refractivity contribution in [2.45, 2.75) is 63.3 Å². The second kappa shape index (κ2) is 10.4. The number of rotatable bonds is 6. The third kappa shape index (κ3) is 4.45. The maximum absolute atomic E-state index is 14.5. The van der Waals surface area contributed by atoms with Gasteiger partial charge in [-0.15, -0.1) is 0 Å². The van der Waals surface area contributed by atoms with E-state index in [4.69, 9.17) is 14.2 Å². The van der Waals surface area contributed by atoms with E-state index in [-0.39, 0.29) is 37.5 Å². The summed E-state index contributed by atoms with van der Waals surface area (Å²) >= 11 is 0. The highest BCUT2D eigenvalue weighted by Gasteiger charge is 2.75. The number of benzene rings is 1. The van der Waals surface area contributed by atoms with Gasteiger partial charge in [0.05, 0.1) is 37.9 Å². The lowest BCUT2D eigenvalue weighted by Gasteiger charge is -2.40. The molecule has 1 N–H and O–H groups in total. The molecule has 0 aliphatic carbocycles. The molecule has 4 heterocycles. The van der Waals surface area contributed by atoms with E-state index in [9.17, 15) is 19.5 Å². The molecular formula is C30H38N2O7. The number of aliphatic hydroxyl groups is 1. The summed E-state index contributed by atoms with van der Waals surface area (Å²) in [6.07, 6.45) is 9.34. The minimum atomic E-state index is -1.40. The van der Waals surface area contributed by atoms with Gasteiger partial charge in [-0.05, 0) is 56.4 Å². The van der Waals surface area contributed by atoms with Crippen LogP contribution in [0.2, 0.25) is 0 Å². The fourth-order valence-electron chi connectivity index (χ4n) is 6.78. The molecule has 1 aromatic rings. The van der Waals surface area contributed by atoms with Gasteiger partial charge in [0, 0.05) is 12.2 Å². The Balaban J connectivity index is 1.66. The van der Waals surface area contributed by atoms with Crippen LogP contribution in [0, 0.1) is 17.8 Å². The number of cyclic esters (lactones) is 1. The quantitative estimate of drug-likeness (QED) is 0.439. The maximum Gasteiger partial charge on any atom is 0.313 e. The third-order valence-corrected chi connectivity index (χ3v) is 8.42. The Morgan fingerprint density at radius 2 is 1.82 bits per heavy atom. The van der Waals surface area contributed by atoms with E-state index < -0.39 is 41.1 Å². The molecule has 0 radical (unpaired) electrons. The summed E-state index contributed by atoms with van der Waals surface area (Å²) in [4.78, 5) is 45.6. The smallest absolute Gasteiger partial charge is 0.313 e. The molecule has 1 spiro atoms. The Morgan fingerprint density at radius 1 is 1.08 bits per heavy atom. The van der Waals surface area contributed by atoms with Crippen molar-refractivity contribution in [2.75, 3.05) is 31.8 Å². The number of fused-ring (bicyclic) bond motifs is 2. The first-order chi connectivity index (χ1) is 18.7. The van der Waals surface area contributed by atoms with Crippen LogP contribution in [0.5, 0.6) is 5.75 Å². The lowest BCUT2D eigenvalue weighted by molar-refractivity contribution is -0.159. The molecule has 4 aliphatic rings. The van der Waals surface area contributed by atoms with Gasteiger partial charge in [0.2, 0.25) is 5.91 Å². The molecule has 2 amide bonds. The molecule has 0 bridgehead atoms. The fourth-order valence-corrected chi connectivity index (χ4v) is 6.78. The molecule has 210 valence electrons. The van der Waals surface area contributed by atoms with Crippen LogP contribution >= 0.6 is 0 Å². The number of esters is 1. The number of amides is 2. The number of carbonyl (C=O) groups excluding carboxylic acids is 3. The van der Waals surface area contributed by atoms with E-state index in [1.165, 1.54) is 4.90 Å². The molecule has 39 heavy (non-hydrogen) atoms. The first-order valence-electron chi connectivity index (χ1n) is 13.8. The molecule has 1 unspecified atom stereocenters. The van der Waals surface area contributed by atoms with Crippen LogP contribution in [0.25, 0.3) is 0 Å². The minimum absolute atomic E-state index is 0.157. The van der Waals surface area contributed by atoms with Crippen LogP contribution in [-0.4, -0.2) is 77.9 Å². The van der Waals surface area contributed by atoms with Gasteiger partial charge in [0.25, 0.3) is 5.91 Å². The summed E-state index contributed by atoms with van der Waals surface area (Å²) in [6.45, 7) is 6.01. The topological polar surface area (TPSA) is 106 Å². The van der Waals surface area contributed by atoms with Gasteiger partial charge in [0.15, 0.2) is 0 Å². The number of hydrogen-bond acceptors (Lipinski definition) is 7. The van der Waals surface area contributed by atoms with Crippen LogP contribution in [-0.2, 0) is 23.9 Å². The van der Waals surface area contributed by atoms with Gasteiger partial charge in [-0.25, -0.2) is 0 Å². The van der Waals surface area contributed by atoms with Crippen molar-refractivity contribution in [1.82, 2.24) is 4.90 Å². The van der Waals surface area contributed by atoms with Crippen molar-refractivity contribution >= 4 is 23.5 Å². The molecule has 9 nitrogen and oxygen atoms in total. The Hall–Kier alpha value is -3.17. The molecule has 0 aromatic heterocycles. The number of hydrogen-bond donors (Lipinski definition) is 1. The van der Waals surface area contributed by atoms with Gasteiger partial charge in [-0.3, -0.25) is 14.4 Å². The van der Waals surface area contributed by atoms with E-state index in [0.717, 1.165) is 0 Å². The van der Waals surface area contributed by atoms with Crippen molar-refractivity contribution < 1.29 is 33.7 Å². The normalized spacial score (nSPS) is 33.9. The molecule has 5 rings (SSSR count). The van der Waals surface area contributed by atoms with Crippen LogP contribution in [0.3, 0.4) is 0 Å². The number of carbonyl (C=O) groups is 3. The Morgan fingerprint density at radius 3 is 2.49 bits per heavy atom. The maximum atomic E-state index is 14.5. The Kier molecular flexibility index (Phi) is 7.33. The van der Waals surface area contributed by atoms with E-state index in [2.05, 4.69) is 0 Å². The minimum Gasteiger partial charge on any atom is -0.497 e. The zero-order valence-corrected chi connectivity index (χ0v) is 23.0. The molecule has 6 atom stereocenters. The van der Waals surface area contributed by atoms with Crippen molar-refractivity contribution in [3.63, 3.8) is 0 Å². The molecule has 1 aromatic carbocycles. The molecule has 9 heteroatoms. The highest BCUT2D eigenvalue weighted by molar-refractivity contribution is 6.05. The summed E-state index contributed by atoms with van der Waals surface area (Å²) in [5, 5.41) is 10.5. The number of aliphatic hydroxyl groups excluding tert-OH is 1. The summed E-state index contributed by atoms with van der Waals surface area (Å²) in [7, 11) is 1.58. The average molecular weight is 539 g/mol. The zero-order valence-electron chi connectivity index (χ0n) is 23.0. The third-order valence-electron chi connectivity index (χ3n) is 8.42. The van der Waals surface area contributed by atoms with Gasteiger partial charge >= 0.3 is 5.97 Å². The molecular weight excluding hydrogens is 500 g/mol. The number of nitrogens with zero attached hydrogens (tertiary/aromatic N) is 2. The van der Waals surface area contributed by atoms with Crippen molar-refractivity contribution in [3.8, 4) is 5.75 Å². The summed E-state index contributed by atoms with van der Waals surface area (Å²) < 4.78 is 17.7. The summed E-state index contributed by atoms with van der Waals surface area (Å²) in [5.41, 5.74) is -1.89. The first-order valence-corrected chi connectivity index (χ1v) is 13.8. The Bertz CT molecular complexity index is 1180. The largest absolute Gasteiger partial charge is 0.497 e. The monoisotopic (exact) mass is 538 g/mol. The SMILES string of the molecule is COc1ccc(N2CC=C[C@]34O[C@]5(C)/C=C\CCCOC(=O)[C@@H]5[C@H]3C(=O)N([C@@H](CO)CC(C)C)C4C2=O)cc1. The number of likely N-dealkylation sites (tertiary alicyclic amines) is 1. The number of allylic oxidation sites excluding steroid dienone is 1. The standard InChI is InChI=1S/C30H38N2O7/c1-19(2)17-21(18-33)32-25-27(35)31(20-9-11-22(37-4)12-10-20)15-8-14-30(25)23(26(32)34)24-28(36)38-16-7-5-6-13-29(24,3)39-30/h6,8-14,19,21,23-25,33H,5,7,15-18H2,1-4H3/b13-6-/t21-,23+,24+,25?,29-,30+/m1/s1. The second-order valence-electron chi connectivity index (χ2n) is 11.5. The van der Waals surface area contributed by atoms with Crippen LogP contribution in [0.4, 0.5) is 5.69 Å². The van der Waals surface area contributed by atoms with E-state index >= 15 is 0 Å². The van der Waals surface area contributed by atoms with Gasteiger partial charge in [0.1, 0.15) is 23.3 Å². The number of anilines is 1. The Labute approximate surface area is 229 Å². The number of ether oxygens (including phenoxy) is 3. The van der Waals surface area contributed by atoms with E-state index in [1.807, 2.05) is 32.1 Å². The molecule has 4 aliphatic heterocycles. The van der Waals surface area contributed by atoms with E-state index in [0.29, 0.717) is 30.7 Å². The van der Waals surface area contributed by atoms with Gasteiger partial charge in [-0.1, -0.05) is 38.2 Å². The average Bonchev–Trinajstić information content (AvgIpc) is 3.26. The first kappa shape index (κ1) is 27.4. The fraction of sp³-hybridized carbons (Fsp3) is 0.567. The van der Waals surface area contributed by atoms with Crippen molar-refractivity contribution in [2.24, 2.45) is 17.8 Å². The zero-order chi connectivity index (χ0) is 27.9. The predicted molar refractivity (Wildman–Crippen MR) is 144 cm³/mol. The second-order valence-corrected chi connectivity index (χ2v) is 11.5. The highest BCUT2D eigenvalue weighted by Crippen LogP contribution is 2.57. The lowest BCUT2D eigenvalue weighted by atomic mass is 9.74. The number of methoxy groups -OCH3 is 1. The molecule has 2 fully saturated rings. The van der Waals surface area contributed by atoms with Gasteiger partial charge in [-0.2, -0.15) is 0 Å². The van der Waals surface area contributed by atoms with Crippen LogP contribution < -0.4 is 9.64 Å². The highest BCUT2D eigenvalue weighted by atomic mass is 16.6. The lowest BCUT2D eigenvalue weighted by Crippen LogP contribution is -2.59. The predicted octanol–water partition coefficient (Wildman–Crippen LogP) is 2.87. The summed E-state index contributed by atoms with van der Waals surface area (Å²) in [5.74, 6) is -2.28. The van der Waals surface area contributed by atoms with Crippen molar-refractivity contribution in [3.05, 3.63) is 48.6 Å².